The van der Waals surface area contributed by atoms with Gasteiger partial charge in [0.15, 0.2) is 0 Å². The third-order valence-electron chi connectivity index (χ3n) is 3.64. The Hall–Kier alpha value is -2.34. The van der Waals surface area contributed by atoms with Crippen molar-refractivity contribution in [2.24, 2.45) is 0 Å². The van der Waals surface area contributed by atoms with E-state index < -0.39 is 0 Å². The van der Waals surface area contributed by atoms with Crippen LogP contribution in [0.1, 0.15) is 24.5 Å². The van der Waals surface area contributed by atoms with E-state index in [-0.39, 0.29) is 0 Å². The molecule has 0 aliphatic heterocycles. The standard InChI is InChI=1S/C20H18/c1-2-16-13-14-19(15-16)20(17-9-5-3-6-10-17)18-11-7-4-8-12-18/h3-15H,2H2,1H3. The smallest absolute Gasteiger partial charge is 0.00388 e. The van der Waals surface area contributed by atoms with Crippen LogP contribution in [0, 0.1) is 0 Å². The average molecular weight is 258 g/mol. The second kappa shape index (κ2) is 5.75. The summed E-state index contributed by atoms with van der Waals surface area (Å²) in [5.41, 5.74) is 6.55. The highest BCUT2D eigenvalue weighted by Crippen LogP contribution is 2.31. The Kier molecular flexibility index (Phi) is 3.64. The van der Waals surface area contributed by atoms with Gasteiger partial charge in [0.2, 0.25) is 0 Å². The van der Waals surface area contributed by atoms with Crippen molar-refractivity contribution >= 4 is 5.57 Å². The highest BCUT2D eigenvalue weighted by molar-refractivity contribution is 5.86. The van der Waals surface area contributed by atoms with Gasteiger partial charge < -0.3 is 0 Å². The Labute approximate surface area is 120 Å². The normalized spacial score (nSPS) is 13.4. The topological polar surface area (TPSA) is 0 Å². The SMILES string of the molecule is CCC1=CC(=C(c2ccccc2)c2ccccc2)C=C1. The largest absolute Gasteiger partial charge is 0.0622 e. The molecule has 1 aliphatic carbocycles. The summed E-state index contributed by atoms with van der Waals surface area (Å²) in [4.78, 5) is 0. The second-order valence-electron chi connectivity index (χ2n) is 4.97. The van der Waals surface area contributed by atoms with Gasteiger partial charge in [-0.2, -0.15) is 0 Å². The number of allylic oxidation sites excluding steroid dienone is 5. The van der Waals surface area contributed by atoms with E-state index >= 15 is 0 Å². The van der Waals surface area contributed by atoms with Gasteiger partial charge in [-0.05, 0) is 34.3 Å². The van der Waals surface area contributed by atoms with Crippen molar-refractivity contribution < 1.29 is 0 Å². The first-order valence-corrected chi connectivity index (χ1v) is 7.12. The van der Waals surface area contributed by atoms with E-state index in [9.17, 15) is 0 Å². The van der Waals surface area contributed by atoms with Crippen molar-refractivity contribution in [3.05, 3.63) is 101 Å². The van der Waals surface area contributed by atoms with E-state index in [1.807, 2.05) is 0 Å². The van der Waals surface area contributed by atoms with Crippen LogP contribution in [0.4, 0.5) is 0 Å². The van der Waals surface area contributed by atoms with E-state index in [1.54, 1.807) is 0 Å². The van der Waals surface area contributed by atoms with Gasteiger partial charge in [0.1, 0.15) is 0 Å². The Morgan fingerprint density at radius 3 is 1.75 bits per heavy atom. The molecule has 0 radical (unpaired) electrons. The molecule has 3 rings (SSSR count). The maximum Gasteiger partial charge on any atom is -0.00388 e. The van der Waals surface area contributed by atoms with Crippen LogP contribution >= 0.6 is 0 Å². The third-order valence-corrected chi connectivity index (χ3v) is 3.64. The predicted octanol–water partition coefficient (Wildman–Crippen LogP) is 5.39. The van der Waals surface area contributed by atoms with Crippen molar-refractivity contribution in [1.29, 1.82) is 0 Å². The first-order valence-electron chi connectivity index (χ1n) is 7.12. The minimum atomic E-state index is 1.08. The van der Waals surface area contributed by atoms with E-state index in [0.29, 0.717) is 0 Å². The maximum absolute atomic E-state index is 2.30. The van der Waals surface area contributed by atoms with Crippen molar-refractivity contribution in [3.8, 4) is 0 Å². The Morgan fingerprint density at radius 1 is 0.750 bits per heavy atom. The number of benzene rings is 2. The highest BCUT2D eigenvalue weighted by atomic mass is 14.2. The molecule has 98 valence electrons. The first kappa shape index (κ1) is 12.7. The zero-order valence-electron chi connectivity index (χ0n) is 11.7. The Balaban J connectivity index is 2.19. The number of hydrogen-bond acceptors (Lipinski definition) is 0. The molecule has 2 aromatic carbocycles. The molecule has 0 bridgehead atoms. The van der Waals surface area contributed by atoms with Gasteiger partial charge in [0.25, 0.3) is 0 Å². The summed E-state index contributed by atoms with van der Waals surface area (Å²) in [5.74, 6) is 0. The van der Waals surface area contributed by atoms with Crippen LogP contribution in [0.2, 0.25) is 0 Å². The molecular weight excluding hydrogens is 240 g/mol. The lowest BCUT2D eigenvalue weighted by atomic mass is 9.93. The van der Waals surface area contributed by atoms with Crippen LogP contribution in [0.15, 0.2) is 90.0 Å². The Morgan fingerprint density at radius 2 is 1.30 bits per heavy atom. The minimum Gasteiger partial charge on any atom is -0.0622 e. The molecule has 0 unspecified atom stereocenters. The molecule has 0 heteroatoms. The molecule has 20 heavy (non-hydrogen) atoms. The van der Waals surface area contributed by atoms with Crippen LogP contribution in [0.3, 0.4) is 0 Å². The molecule has 0 amide bonds. The van der Waals surface area contributed by atoms with Crippen LogP contribution in [0.5, 0.6) is 0 Å². The predicted molar refractivity (Wildman–Crippen MR) is 86.4 cm³/mol. The number of rotatable bonds is 3. The van der Waals surface area contributed by atoms with E-state index in [2.05, 4.69) is 85.8 Å². The second-order valence-corrected chi connectivity index (χ2v) is 4.97. The lowest BCUT2D eigenvalue weighted by molar-refractivity contribution is 1.16. The minimum absolute atomic E-state index is 1.08. The van der Waals surface area contributed by atoms with Gasteiger partial charge in [-0.15, -0.1) is 0 Å². The molecule has 0 heterocycles. The van der Waals surface area contributed by atoms with E-state index in [4.69, 9.17) is 0 Å². The number of hydrogen-bond donors (Lipinski definition) is 0. The van der Waals surface area contributed by atoms with Gasteiger partial charge in [-0.25, -0.2) is 0 Å². The van der Waals surface area contributed by atoms with Crippen LogP contribution < -0.4 is 0 Å². The maximum atomic E-state index is 2.30. The third kappa shape index (κ3) is 2.50. The highest BCUT2D eigenvalue weighted by Gasteiger charge is 2.11. The molecule has 0 spiro atoms. The van der Waals surface area contributed by atoms with Crippen molar-refractivity contribution in [1.82, 2.24) is 0 Å². The fourth-order valence-corrected chi connectivity index (χ4v) is 2.58. The van der Waals surface area contributed by atoms with Crippen LogP contribution in [-0.2, 0) is 0 Å². The fourth-order valence-electron chi connectivity index (χ4n) is 2.58. The monoisotopic (exact) mass is 258 g/mol. The van der Waals surface area contributed by atoms with Crippen molar-refractivity contribution in [2.45, 2.75) is 13.3 Å². The lowest BCUT2D eigenvalue weighted by Gasteiger charge is -2.11. The average Bonchev–Trinajstić information content (AvgIpc) is 2.98. The van der Waals surface area contributed by atoms with Crippen molar-refractivity contribution in [3.63, 3.8) is 0 Å². The summed E-state index contributed by atoms with van der Waals surface area (Å²) in [5, 5.41) is 0. The lowest BCUT2D eigenvalue weighted by Crippen LogP contribution is -1.90. The molecule has 0 saturated carbocycles. The molecule has 2 aromatic rings. The summed E-state index contributed by atoms with van der Waals surface area (Å²) in [6.45, 7) is 2.20. The van der Waals surface area contributed by atoms with Crippen molar-refractivity contribution in [2.75, 3.05) is 0 Å². The zero-order valence-corrected chi connectivity index (χ0v) is 11.7. The summed E-state index contributed by atoms with van der Waals surface area (Å²) in [6, 6.07) is 21.3. The molecule has 0 N–H and O–H groups in total. The zero-order chi connectivity index (χ0) is 13.8. The summed E-state index contributed by atoms with van der Waals surface area (Å²) in [6.07, 6.45) is 7.83. The molecule has 0 fully saturated rings. The van der Waals surface area contributed by atoms with Gasteiger partial charge in [-0.1, -0.05) is 85.8 Å². The van der Waals surface area contributed by atoms with Crippen LogP contribution in [-0.4, -0.2) is 0 Å². The van der Waals surface area contributed by atoms with Gasteiger partial charge in [0.05, 0.1) is 0 Å². The molecular formula is C20H18. The molecule has 0 aromatic heterocycles. The summed E-state index contributed by atoms with van der Waals surface area (Å²) < 4.78 is 0. The quantitative estimate of drug-likeness (QED) is 0.692. The molecule has 0 nitrogen and oxygen atoms in total. The molecule has 0 saturated heterocycles. The van der Waals surface area contributed by atoms with Crippen LogP contribution in [0.25, 0.3) is 5.57 Å². The van der Waals surface area contributed by atoms with Gasteiger partial charge in [-0.3, -0.25) is 0 Å². The van der Waals surface area contributed by atoms with E-state index in [1.165, 1.54) is 27.8 Å². The summed E-state index contributed by atoms with van der Waals surface area (Å²) >= 11 is 0. The first-order chi connectivity index (χ1) is 9.88. The molecule has 1 aliphatic rings. The summed E-state index contributed by atoms with van der Waals surface area (Å²) in [7, 11) is 0. The van der Waals surface area contributed by atoms with Gasteiger partial charge in [0, 0.05) is 0 Å². The molecule has 0 atom stereocenters. The van der Waals surface area contributed by atoms with E-state index in [0.717, 1.165) is 6.42 Å². The fraction of sp³-hybridized carbons (Fsp3) is 0.100. The van der Waals surface area contributed by atoms with Gasteiger partial charge >= 0.3 is 0 Å². The Bertz CT molecular complexity index is 629.